The fraction of sp³-hybridized carbons (Fsp3) is 0.688. The highest BCUT2D eigenvalue weighted by Crippen LogP contribution is 2.31. The molecule has 0 amide bonds. The van der Waals surface area contributed by atoms with E-state index in [0.717, 1.165) is 17.0 Å². The van der Waals surface area contributed by atoms with Crippen molar-refractivity contribution in [2.24, 2.45) is 10.9 Å². The first-order valence-corrected chi connectivity index (χ1v) is 9.01. The largest absolute Gasteiger partial charge is 0.466 e. The second kappa shape index (κ2) is 8.69. The molecule has 21 heavy (non-hydrogen) atoms. The number of rotatable bonds is 4. The molecule has 0 aromatic heterocycles. The molecule has 0 aliphatic heterocycles. The second-order valence-corrected chi connectivity index (χ2v) is 7.27. The topological polar surface area (TPSA) is 38.7 Å². The van der Waals surface area contributed by atoms with Gasteiger partial charge in [-0.15, -0.1) is 0 Å². The van der Waals surface area contributed by atoms with Crippen LogP contribution in [-0.2, 0) is 9.53 Å². The molecule has 2 rings (SSSR count). The number of ether oxygens (including phenoxy) is 1. The zero-order valence-electron chi connectivity index (χ0n) is 12.5. The molecule has 5 heteroatoms. The van der Waals surface area contributed by atoms with E-state index < -0.39 is 0 Å². The van der Waals surface area contributed by atoms with Crippen molar-refractivity contribution in [2.75, 3.05) is 7.11 Å². The number of aliphatic imine (C=N–C) groups is 1. The van der Waals surface area contributed by atoms with Gasteiger partial charge in [0.25, 0.3) is 0 Å². The smallest absolute Gasteiger partial charge is 0.330 e. The Morgan fingerprint density at radius 2 is 2.05 bits per heavy atom. The number of thioether (sulfide) groups is 1. The van der Waals surface area contributed by atoms with Crippen molar-refractivity contribution < 1.29 is 9.53 Å². The van der Waals surface area contributed by atoms with Crippen LogP contribution in [0.5, 0.6) is 0 Å². The van der Waals surface area contributed by atoms with Crippen LogP contribution in [0.15, 0.2) is 16.5 Å². The number of hydrogen-bond donors (Lipinski definition) is 0. The van der Waals surface area contributed by atoms with Gasteiger partial charge in [-0.1, -0.05) is 43.2 Å². The summed E-state index contributed by atoms with van der Waals surface area (Å²) in [6.45, 7) is 0. The summed E-state index contributed by atoms with van der Waals surface area (Å²) in [6, 6.07) is 0.521. The number of methoxy groups -OCH3 is 1. The average Bonchev–Trinajstić information content (AvgIpc) is 2.96. The normalized spacial score (nSPS) is 25.6. The SMILES string of the molecule is COC(=O)/C=C\SC(=S)[C@@H]1CCCC1=NC1CCCCC1. The van der Waals surface area contributed by atoms with Crippen molar-refractivity contribution in [3.8, 4) is 0 Å². The highest BCUT2D eigenvalue weighted by molar-refractivity contribution is 8.25. The van der Waals surface area contributed by atoms with Crippen LogP contribution in [-0.4, -0.2) is 29.0 Å². The minimum atomic E-state index is -0.340. The van der Waals surface area contributed by atoms with E-state index in [4.69, 9.17) is 17.2 Å². The average molecular weight is 325 g/mol. The summed E-state index contributed by atoms with van der Waals surface area (Å²) in [5.74, 6) is -0.0259. The highest BCUT2D eigenvalue weighted by atomic mass is 32.2. The van der Waals surface area contributed by atoms with Crippen LogP contribution in [0, 0.1) is 5.92 Å². The summed E-state index contributed by atoms with van der Waals surface area (Å²) in [5.41, 5.74) is 1.30. The fourth-order valence-corrected chi connectivity index (χ4v) is 4.14. The Kier molecular flexibility index (Phi) is 6.90. The maximum atomic E-state index is 11.1. The van der Waals surface area contributed by atoms with E-state index in [1.165, 1.54) is 69.2 Å². The summed E-state index contributed by atoms with van der Waals surface area (Å²) in [7, 11) is 1.38. The van der Waals surface area contributed by atoms with Gasteiger partial charge in [-0.25, -0.2) is 4.79 Å². The number of thiocarbonyl (C=S) groups is 1. The number of esters is 1. The summed E-state index contributed by atoms with van der Waals surface area (Å²) in [5, 5.41) is 1.73. The molecule has 0 aromatic carbocycles. The van der Waals surface area contributed by atoms with Gasteiger partial charge >= 0.3 is 5.97 Å². The van der Waals surface area contributed by atoms with Crippen molar-refractivity contribution in [3.05, 3.63) is 11.5 Å². The summed E-state index contributed by atoms with van der Waals surface area (Å²) >= 11 is 6.98. The minimum Gasteiger partial charge on any atom is -0.466 e. The van der Waals surface area contributed by atoms with Crippen LogP contribution in [0.4, 0.5) is 0 Å². The van der Waals surface area contributed by atoms with E-state index in [2.05, 4.69) is 4.74 Å². The Bertz CT molecular complexity index is 440. The highest BCUT2D eigenvalue weighted by Gasteiger charge is 2.27. The van der Waals surface area contributed by atoms with E-state index in [1.807, 2.05) is 0 Å². The Labute approximate surface area is 136 Å². The summed E-state index contributed by atoms with van der Waals surface area (Å²) in [4.78, 5) is 16.0. The van der Waals surface area contributed by atoms with Crippen molar-refractivity contribution in [1.29, 1.82) is 0 Å². The maximum absolute atomic E-state index is 11.1. The van der Waals surface area contributed by atoms with Crippen molar-refractivity contribution in [3.63, 3.8) is 0 Å². The lowest BCUT2D eigenvalue weighted by Crippen LogP contribution is -2.18. The predicted octanol–water partition coefficient (Wildman–Crippen LogP) is 4.31. The Morgan fingerprint density at radius 3 is 2.76 bits per heavy atom. The van der Waals surface area contributed by atoms with Crippen LogP contribution in [0.1, 0.15) is 51.4 Å². The molecule has 0 unspecified atom stereocenters. The Hall–Kier alpha value is -0.680. The standard InChI is InChI=1S/C16H23NO2S2/c1-19-15(18)10-11-21-16(20)13-8-5-9-14(13)17-12-6-3-2-4-7-12/h10-13H,2-9H2,1H3/b11-10-,17-14?/t13-/m1/s1. The number of carbonyl (C=O) groups is 1. The van der Waals surface area contributed by atoms with Crippen LogP contribution in [0.2, 0.25) is 0 Å². The van der Waals surface area contributed by atoms with Gasteiger partial charge in [0.05, 0.1) is 11.3 Å². The molecule has 0 heterocycles. The third-order valence-electron chi connectivity index (χ3n) is 4.13. The van der Waals surface area contributed by atoms with Gasteiger partial charge < -0.3 is 4.74 Å². The molecular formula is C16H23NO2S2. The predicted molar refractivity (Wildman–Crippen MR) is 93.0 cm³/mol. The first-order chi connectivity index (χ1) is 10.2. The fourth-order valence-electron chi connectivity index (χ4n) is 2.99. The van der Waals surface area contributed by atoms with E-state index in [-0.39, 0.29) is 5.97 Å². The van der Waals surface area contributed by atoms with E-state index >= 15 is 0 Å². The van der Waals surface area contributed by atoms with Crippen molar-refractivity contribution >= 4 is 39.9 Å². The van der Waals surface area contributed by atoms with Crippen LogP contribution in [0.25, 0.3) is 0 Å². The van der Waals surface area contributed by atoms with Crippen LogP contribution < -0.4 is 0 Å². The molecule has 0 bridgehead atoms. The van der Waals surface area contributed by atoms with Gasteiger partial charge in [-0.3, -0.25) is 4.99 Å². The van der Waals surface area contributed by atoms with E-state index in [1.54, 1.807) is 5.41 Å². The first kappa shape index (κ1) is 16.7. The van der Waals surface area contributed by atoms with E-state index in [9.17, 15) is 4.79 Å². The van der Waals surface area contributed by atoms with Crippen LogP contribution in [0.3, 0.4) is 0 Å². The van der Waals surface area contributed by atoms with Gasteiger partial charge in [-0.2, -0.15) is 0 Å². The molecule has 0 saturated heterocycles. The van der Waals surface area contributed by atoms with Crippen LogP contribution >= 0.6 is 24.0 Å². The molecule has 0 spiro atoms. The van der Waals surface area contributed by atoms with Gasteiger partial charge in [0, 0.05) is 23.7 Å². The zero-order chi connectivity index (χ0) is 15.1. The lowest BCUT2D eigenvalue weighted by atomic mass is 9.95. The van der Waals surface area contributed by atoms with Crippen molar-refractivity contribution in [2.45, 2.75) is 57.4 Å². The molecule has 2 aliphatic carbocycles. The molecule has 0 aromatic rings. The summed E-state index contributed by atoms with van der Waals surface area (Å²) < 4.78 is 5.51. The van der Waals surface area contributed by atoms with E-state index in [0.29, 0.717) is 12.0 Å². The van der Waals surface area contributed by atoms with Gasteiger partial charge in [0.15, 0.2) is 0 Å². The third kappa shape index (κ3) is 5.22. The quantitative estimate of drug-likeness (QED) is 0.439. The van der Waals surface area contributed by atoms with Gasteiger partial charge in [-0.05, 0) is 37.5 Å². The number of carbonyl (C=O) groups excluding carboxylic acids is 1. The lowest BCUT2D eigenvalue weighted by Gasteiger charge is -2.20. The monoisotopic (exact) mass is 325 g/mol. The summed E-state index contributed by atoms with van der Waals surface area (Å²) in [6.07, 6.45) is 11.2. The molecular weight excluding hydrogens is 302 g/mol. The molecule has 2 aliphatic rings. The van der Waals surface area contributed by atoms with Gasteiger partial charge in [0.2, 0.25) is 0 Å². The molecule has 2 saturated carbocycles. The Morgan fingerprint density at radius 1 is 1.29 bits per heavy atom. The molecule has 0 N–H and O–H groups in total. The molecule has 1 atom stereocenters. The maximum Gasteiger partial charge on any atom is 0.330 e. The first-order valence-electron chi connectivity index (χ1n) is 7.72. The molecule has 0 radical (unpaired) electrons. The molecule has 116 valence electrons. The second-order valence-electron chi connectivity index (χ2n) is 5.62. The third-order valence-corrected chi connectivity index (χ3v) is 5.49. The lowest BCUT2D eigenvalue weighted by molar-refractivity contribution is -0.134. The minimum absolute atomic E-state index is 0.314. The number of hydrogen-bond acceptors (Lipinski definition) is 5. The van der Waals surface area contributed by atoms with Crippen molar-refractivity contribution in [1.82, 2.24) is 0 Å². The number of nitrogens with zero attached hydrogens (tertiary/aromatic N) is 1. The molecule has 2 fully saturated rings. The van der Waals surface area contributed by atoms with Gasteiger partial charge in [0.1, 0.15) is 0 Å². The molecule has 3 nitrogen and oxygen atoms in total. The Balaban J connectivity index is 1.91. The zero-order valence-corrected chi connectivity index (χ0v) is 14.2.